The summed E-state index contributed by atoms with van der Waals surface area (Å²) in [7, 11) is 1.57. The summed E-state index contributed by atoms with van der Waals surface area (Å²) in [6.45, 7) is 4.29. The molecule has 0 saturated carbocycles. The molecule has 4 rings (SSSR count). The number of carbonyl (C=O) groups is 1. The van der Waals surface area contributed by atoms with Gasteiger partial charge in [-0.15, -0.1) is 0 Å². The van der Waals surface area contributed by atoms with Crippen LogP contribution < -0.4 is 10.1 Å². The molecule has 0 saturated heterocycles. The molecule has 0 unspecified atom stereocenters. The van der Waals surface area contributed by atoms with E-state index >= 15 is 0 Å². The highest BCUT2D eigenvalue weighted by Gasteiger charge is 2.23. The van der Waals surface area contributed by atoms with E-state index < -0.39 is 6.10 Å². The summed E-state index contributed by atoms with van der Waals surface area (Å²) < 4.78 is 12.9. The molecular formula is C23H24N6O3. The van der Waals surface area contributed by atoms with E-state index in [1.807, 2.05) is 44.2 Å². The van der Waals surface area contributed by atoms with Crippen molar-refractivity contribution in [3.8, 4) is 11.6 Å². The van der Waals surface area contributed by atoms with Crippen LogP contribution in [-0.4, -0.2) is 50.5 Å². The van der Waals surface area contributed by atoms with Crippen molar-refractivity contribution in [1.29, 1.82) is 0 Å². The summed E-state index contributed by atoms with van der Waals surface area (Å²) in [4.78, 5) is 25.8. The largest absolute Gasteiger partial charge is 0.464 e. The molecule has 32 heavy (non-hydrogen) atoms. The predicted molar refractivity (Wildman–Crippen MR) is 120 cm³/mol. The summed E-state index contributed by atoms with van der Waals surface area (Å²) in [6.07, 6.45) is 4.23. The first kappa shape index (κ1) is 21.4. The van der Waals surface area contributed by atoms with Crippen molar-refractivity contribution in [3.63, 3.8) is 0 Å². The molecule has 0 bridgehead atoms. The van der Waals surface area contributed by atoms with Crippen LogP contribution in [0.1, 0.15) is 17.5 Å². The third kappa shape index (κ3) is 4.73. The molecule has 0 aliphatic heterocycles. The summed E-state index contributed by atoms with van der Waals surface area (Å²) >= 11 is 0. The van der Waals surface area contributed by atoms with E-state index in [0.29, 0.717) is 29.9 Å². The highest BCUT2D eigenvalue weighted by molar-refractivity contribution is 5.94. The van der Waals surface area contributed by atoms with E-state index in [1.165, 1.54) is 6.33 Å². The number of hydrogen-bond acceptors (Lipinski definition) is 7. The molecule has 9 heteroatoms. The van der Waals surface area contributed by atoms with E-state index in [9.17, 15) is 4.79 Å². The second-order valence-electron chi connectivity index (χ2n) is 7.41. The van der Waals surface area contributed by atoms with Crippen molar-refractivity contribution in [2.75, 3.05) is 19.0 Å². The number of nitrogens with zero attached hydrogens (tertiary/aromatic N) is 5. The van der Waals surface area contributed by atoms with Gasteiger partial charge >= 0.3 is 0 Å². The van der Waals surface area contributed by atoms with Gasteiger partial charge in [-0.2, -0.15) is 5.10 Å². The Kier molecular flexibility index (Phi) is 6.37. The minimum Gasteiger partial charge on any atom is -0.464 e. The maximum absolute atomic E-state index is 12.9. The van der Waals surface area contributed by atoms with Crippen LogP contribution in [0.2, 0.25) is 0 Å². The maximum Gasteiger partial charge on any atom is 0.266 e. The fourth-order valence-electron chi connectivity index (χ4n) is 3.22. The molecule has 9 nitrogen and oxygen atoms in total. The summed E-state index contributed by atoms with van der Waals surface area (Å²) in [5.41, 5.74) is 3.58. The van der Waals surface area contributed by atoms with Gasteiger partial charge in [0.05, 0.1) is 18.5 Å². The highest BCUT2D eigenvalue weighted by Crippen LogP contribution is 2.25. The van der Waals surface area contributed by atoms with Crippen LogP contribution in [0.4, 0.5) is 5.82 Å². The molecule has 0 aliphatic carbocycles. The van der Waals surface area contributed by atoms with Crippen LogP contribution >= 0.6 is 0 Å². The summed E-state index contributed by atoms with van der Waals surface area (Å²) in [5.74, 6) is 0.394. The van der Waals surface area contributed by atoms with Gasteiger partial charge in [-0.05, 0) is 43.2 Å². The monoisotopic (exact) mass is 432 g/mol. The van der Waals surface area contributed by atoms with Crippen molar-refractivity contribution < 1.29 is 14.3 Å². The van der Waals surface area contributed by atoms with Gasteiger partial charge in [0.25, 0.3) is 5.91 Å². The number of fused-ring (bicyclic) bond motifs is 1. The molecular weight excluding hydrogens is 408 g/mol. The van der Waals surface area contributed by atoms with Gasteiger partial charge in [-0.1, -0.05) is 18.2 Å². The number of rotatable bonds is 8. The number of amides is 1. The van der Waals surface area contributed by atoms with Gasteiger partial charge in [-0.3, -0.25) is 4.79 Å². The Morgan fingerprint density at radius 1 is 1.09 bits per heavy atom. The third-order valence-corrected chi connectivity index (χ3v) is 4.87. The molecule has 0 radical (unpaired) electrons. The Hall–Kier alpha value is -3.85. The first-order valence-corrected chi connectivity index (χ1v) is 10.2. The van der Waals surface area contributed by atoms with Crippen molar-refractivity contribution in [2.24, 2.45) is 0 Å². The number of anilines is 1. The van der Waals surface area contributed by atoms with Crippen molar-refractivity contribution in [3.05, 3.63) is 66.2 Å². The van der Waals surface area contributed by atoms with Crippen molar-refractivity contribution in [2.45, 2.75) is 26.4 Å². The third-order valence-electron chi connectivity index (χ3n) is 4.87. The summed E-state index contributed by atoms with van der Waals surface area (Å²) in [5, 5.41) is 7.85. The molecule has 3 aromatic heterocycles. The van der Waals surface area contributed by atoms with Gasteiger partial charge in [0.1, 0.15) is 17.5 Å². The number of carbonyl (C=O) groups excluding carboxylic acids is 1. The number of aryl methyl sites for hydroxylation is 2. The fourth-order valence-corrected chi connectivity index (χ4v) is 3.22. The van der Waals surface area contributed by atoms with Crippen LogP contribution in [0.5, 0.6) is 5.88 Å². The lowest BCUT2D eigenvalue weighted by Gasteiger charge is -2.18. The van der Waals surface area contributed by atoms with E-state index in [0.717, 1.165) is 16.8 Å². The van der Waals surface area contributed by atoms with Crippen molar-refractivity contribution >= 4 is 22.8 Å². The molecule has 164 valence electrons. The molecule has 1 N–H and O–H groups in total. The zero-order chi connectivity index (χ0) is 22.5. The number of methoxy groups -OCH3 is 1. The molecule has 0 aliphatic rings. The predicted octanol–water partition coefficient (Wildman–Crippen LogP) is 3.25. The number of benzene rings is 1. The van der Waals surface area contributed by atoms with Crippen LogP contribution in [-0.2, 0) is 9.53 Å². The smallest absolute Gasteiger partial charge is 0.266 e. The minimum absolute atomic E-state index is 0.280. The minimum atomic E-state index is -0.835. The Morgan fingerprint density at radius 3 is 2.72 bits per heavy atom. The van der Waals surface area contributed by atoms with E-state index in [4.69, 9.17) is 9.47 Å². The molecule has 1 aromatic carbocycles. The normalized spacial score (nSPS) is 12.0. The Bertz CT molecular complexity index is 1220. The van der Waals surface area contributed by atoms with Crippen LogP contribution in [0.15, 0.2) is 55.1 Å². The molecule has 0 spiro atoms. The van der Waals surface area contributed by atoms with Gasteiger partial charge in [-0.25, -0.2) is 19.6 Å². The lowest BCUT2D eigenvalue weighted by Crippen LogP contribution is -2.34. The Labute approximate surface area is 185 Å². The standard InChI is InChI=1S/C23H24N6O3/c1-15-5-4-6-17(11-15)29-21-18(13-27-29)23(26-14-25-21)32-19(9-10-31-3)22(30)28-20-8-7-16(2)12-24-20/h4-8,11-14,19H,9-10H2,1-3H3,(H,24,28,30)/t19-/m0/s1. The highest BCUT2D eigenvalue weighted by atomic mass is 16.5. The fraction of sp³-hybridized carbons (Fsp3) is 0.261. The molecule has 0 fully saturated rings. The number of nitrogens with one attached hydrogen (secondary N) is 1. The molecule has 3 heterocycles. The second kappa shape index (κ2) is 9.52. The molecule has 4 aromatic rings. The first-order chi connectivity index (χ1) is 15.5. The average Bonchev–Trinajstić information content (AvgIpc) is 3.23. The number of pyridine rings is 1. The lowest BCUT2D eigenvalue weighted by molar-refractivity contribution is -0.123. The topological polar surface area (TPSA) is 104 Å². The van der Waals surface area contributed by atoms with E-state index in [1.54, 1.807) is 30.3 Å². The van der Waals surface area contributed by atoms with Gasteiger partial charge < -0.3 is 14.8 Å². The van der Waals surface area contributed by atoms with Crippen LogP contribution in [0, 0.1) is 13.8 Å². The van der Waals surface area contributed by atoms with Gasteiger partial charge in [0.2, 0.25) is 5.88 Å². The zero-order valence-electron chi connectivity index (χ0n) is 18.1. The first-order valence-electron chi connectivity index (χ1n) is 10.2. The number of ether oxygens (including phenoxy) is 2. The van der Waals surface area contributed by atoms with Crippen molar-refractivity contribution in [1.82, 2.24) is 24.7 Å². The molecule has 1 atom stereocenters. The molecule has 1 amide bonds. The number of hydrogen-bond donors (Lipinski definition) is 1. The van der Waals surface area contributed by atoms with E-state index in [2.05, 4.69) is 25.4 Å². The average molecular weight is 432 g/mol. The quantitative estimate of drug-likeness (QED) is 0.456. The zero-order valence-corrected chi connectivity index (χ0v) is 18.1. The van der Waals surface area contributed by atoms with Gasteiger partial charge in [0, 0.05) is 19.7 Å². The maximum atomic E-state index is 12.9. The Morgan fingerprint density at radius 2 is 1.97 bits per heavy atom. The van der Waals surface area contributed by atoms with Crippen LogP contribution in [0.3, 0.4) is 0 Å². The number of aromatic nitrogens is 5. The van der Waals surface area contributed by atoms with E-state index in [-0.39, 0.29) is 11.8 Å². The SMILES string of the molecule is COCC[C@H](Oc1ncnc2c1cnn2-c1cccc(C)c1)C(=O)Nc1ccc(C)cn1. The Balaban J connectivity index is 1.61. The van der Waals surface area contributed by atoms with Crippen LogP contribution in [0.25, 0.3) is 16.7 Å². The summed E-state index contributed by atoms with van der Waals surface area (Å²) in [6, 6.07) is 11.6. The van der Waals surface area contributed by atoms with Gasteiger partial charge in [0.15, 0.2) is 11.8 Å². The lowest BCUT2D eigenvalue weighted by atomic mass is 10.2. The second-order valence-corrected chi connectivity index (χ2v) is 7.41.